The predicted molar refractivity (Wildman–Crippen MR) is 106 cm³/mol. The first-order valence-electron chi connectivity index (χ1n) is 9.63. The molecule has 0 unspecified atom stereocenters. The Morgan fingerprint density at radius 2 is 1.75 bits per heavy atom. The third-order valence-electron chi connectivity index (χ3n) is 6.31. The maximum absolute atomic E-state index is 13.6. The second-order valence-corrected chi connectivity index (χ2v) is 8.51. The third kappa shape index (κ3) is 2.99. The fraction of sp³-hybridized carbons (Fsp3) is 0.364. The lowest BCUT2D eigenvalue weighted by atomic mass is 9.73. The third-order valence-corrected chi connectivity index (χ3v) is 6.31. The van der Waals surface area contributed by atoms with Crippen molar-refractivity contribution < 1.29 is 19.3 Å². The lowest BCUT2D eigenvalue weighted by molar-refractivity contribution is -0.896. The standard InChI is InChI=1S/C22H25N3O3/c1-25(2)13-11-22(12-14-25)18-5-3-4-6-19(18)24(21(22)27)15-16-7-9-17(10-8-16)20(26)23-28/h3-10H,11-15H2,1-2H3,(H-,23,26,28)/p+1. The number of hydrogen-bond donors (Lipinski definition) is 2. The monoisotopic (exact) mass is 380 g/mol. The first-order chi connectivity index (χ1) is 13.4. The van der Waals surface area contributed by atoms with Gasteiger partial charge in [0.15, 0.2) is 0 Å². The van der Waals surface area contributed by atoms with E-state index in [-0.39, 0.29) is 5.91 Å². The van der Waals surface area contributed by atoms with Crippen LogP contribution in [0.2, 0.25) is 0 Å². The predicted octanol–water partition coefficient (Wildman–Crippen LogP) is 2.46. The van der Waals surface area contributed by atoms with Gasteiger partial charge in [-0.1, -0.05) is 30.3 Å². The summed E-state index contributed by atoms with van der Waals surface area (Å²) in [5, 5.41) is 8.76. The Balaban J connectivity index is 1.64. The summed E-state index contributed by atoms with van der Waals surface area (Å²) in [4.78, 5) is 27.0. The highest BCUT2D eigenvalue weighted by Gasteiger charge is 2.53. The fourth-order valence-corrected chi connectivity index (χ4v) is 4.47. The van der Waals surface area contributed by atoms with Gasteiger partial charge in [0.05, 0.1) is 39.1 Å². The van der Waals surface area contributed by atoms with E-state index < -0.39 is 11.3 Å². The molecule has 2 aliphatic rings. The maximum Gasteiger partial charge on any atom is 0.274 e. The minimum Gasteiger partial charge on any atom is -0.328 e. The second-order valence-electron chi connectivity index (χ2n) is 8.51. The Labute approximate surface area is 164 Å². The highest BCUT2D eigenvalue weighted by molar-refractivity contribution is 6.08. The molecule has 1 spiro atoms. The molecule has 6 heteroatoms. The second kappa shape index (κ2) is 6.72. The molecule has 0 aliphatic carbocycles. The van der Waals surface area contributed by atoms with Crippen molar-refractivity contribution in [2.45, 2.75) is 24.8 Å². The summed E-state index contributed by atoms with van der Waals surface area (Å²) in [5.41, 5.74) is 4.69. The highest BCUT2D eigenvalue weighted by Crippen LogP contribution is 2.48. The zero-order chi connectivity index (χ0) is 19.9. The number of amides is 2. The summed E-state index contributed by atoms with van der Waals surface area (Å²) in [5.74, 6) is -0.360. The van der Waals surface area contributed by atoms with Crippen LogP contribution in [-0.4, -0.2) is 48.7 Å². The first-order valence-corrected chi connectivity index (χ1v) is 9.63. The molecule has 2 heterocycles. The number of para-hydroxylation sites is 1. The number of likely N-dealkylation sites (tertiary alicyclic amines) is 1. The number of nitrogens with zero attached hydrogens (tertiary/aromatic N) is 2. The number of carbonyl (C=O) groups is 2. The Bertz CT molecular complexity index is 911. The van der Waals surface area contributed by atoms with Crippen molar-refractivity contribution in [3.8, 4) is 0 Å². The molecule has 0 atom stereocenters. The number of piperidine rings is 1. The Morgan fingerprint density at radius 3 is 2.39 bits per heavy atom. The van der Waals surface area contributed by atoms with Gasteiger partial charge in [0.25, 0.3) is 5.91 Å². The molecule has 2 N–H and O–H groups in total. The van der Waals surface area contributed by atoms with Gasteiger partial charge in [-0.3, -0.25) is 14.8 Å². The molecule has 2 amide bonds. The van der Waals surface area contributed by atoms with Gasteiger partial charge in [-0.2, -0.15) is 0 Å². The van der Waals surface area contributed by atoms with Gasteiger partial charge in [0.1, 0.15) is 0 Å². The highest BCUT2D eigenvalue weighted by atomic mass is 16.5. The minimum atomic E-state index is -0.545. The zero-order valence-corrected chi connectivity index (χ0v) is 16.3. The van der Waals surface area contributed by atoms with Crippen molar-refractivity contribution in [3.05, 3.63) is 65.2 Å². The molecule has 0 saturated carbocycles. The van der Waals surface area contributed by atoms with Crippen LogP contribution >= 0.6 is 0 Å². The van der Waals surface area contributed by atoms with E-state index in [1.165, 1.54) is 0 Å². The van der Waals surface area contributed by atoms with Gasteiger partial charge in [-0.05, 0) is 29.3 Å². The first kappa shape index (κ1) is 18.7. The molecule has 28 heavy (non-hydrogen) atoms. The molecule has 1 saturated heterocycles. The van der Waals surface area contributed by atoms with Crippen LogP contribution < -0.4 is 10.4 Å². The van der Waals surface area contributed by atoms with Crippen LogP contribution in [0, 0.1) is 0 Å². The van der Waals surface area contributed by atoms with E-state index in [4.69, 9.17) is 5.21 Å². The summed E-state index contributed by atoms with van der Waals surface area (Å²) < 4.78 is 0.950. The Morgan fingerprint density at radius 1 is 1.11 bits per heavy atom. The number of benzene rings is 2. The average molecular weight is 380 g/mol. The SMILES string of the molecule is C[N+]1(C)CCC2(CC1)C(=O)N(Cc1ccc(C(=O)NO)cc1)c1ccccc12. The van der Waals surface area contributed by atoms with Gasteiger partial charge >= 0.3 is 0 Å². The lowest BCUT2D eigenvalue weighted by Crippen LogP contribution is -2.54. The van der Waals surface area contributed by atoms with Crippen LogP contribution in [0.15, 0.2) is 48.5 Å². The summed E-state index contributed by atoms with van der Waals surface area (Å²) in [7, 11) is 4.44. The van der Waals surface area contributed by atoms with Crippen molar-refractivity contribution in [1.29, 1.82) is 0 Å². The number of hydroxylamine groups is 1. The number of anilines is 1. The summed E-state index contributed by atoms with van der Waals surface area (Å²) in [6.07, 6.45) is 1.73. The van der Waals surface area contributed by atoms with Gasteiger partial charge < -0.3 is 9.38 Å². The van der Waals surface area contributed by atoms with Crippen LogP contribution in [0.25, 0.3) is 0 Å². The molecular formula is C22H26N3O3+. The minimum absolute atomic E-state index is 0.186. The van der Waals surface area contributed by atoms with Crippen LogP contribution in [-0.2, 0) is 16.8 Å². The van der Waals surface area contributed by atoms with E-state index >= 15 is 0 Å². The van der Waals surface area contributed by atoms with Gasteiger partial charge in [0, 0.05) is 24.1 Å². The van der Waals surface area contributed by atoms with Crippen LogP contribution in [0.3, 0.4) is 0 Å². The molecule has 146 valence electrons. The number of quaternary nitrogens is 1. The van der Waals surface area contributed by atoms with E-state index in [0.29, 0.717) is 12.1 Å². The quantitative estimate of drug-likeness (QED) is 0.488. The van der Waals surface area contributed by atoms with Crippen molar-refractivity contribution in [3.63, 3.8) is 0 Å². The van der Waals surface area contributed by atoms with Crippen molar-refractivity contribution >= 4 is 17.5 Å². The molecule has 6 nitrogen and oxygen atoms in total. The molecule has 0 radical (unpaired) electrons. The molecule has 2 aliphatic heterocycles. The number of nitrogens with one attached hydrogen (secondary N) is 1. The maximum atomic E-state index is 13.6. The number of rotatable bonds is 3. The van der Waals surface area contributed by atoms with Crippen molar-refractivity contribution in [2.24, 2.45) is 0 Å². The molecule has 2 aromatic rings. The van der Waals surface area contributed by atoms with Gasteiger partial charge in [0.2, 0.25) is 5.91 Å². The van der Waals surface area contributed by atoms with Crippen LogP contribution in [0.5, 0.6) is 0 Å². The van der Waals surface area contributed by atoms with E-state index in [2.05, 4.69) is 20.2 Å². The summed E-state index contributed by atoms with van der Waals surface area (Å²) >= 11 is 0. The summed E-state index contributed by atoms with van der Waals surface area (Å²) in [6.45, 7) is 2.44. The molecule has 4 rings (SSSR count). The number of fused-ring (bicyclic) bond motifs is 2. The smallest absolute Gasteiger partial charge is 0.274 e. The Kier molecular flexibility index (Phi) is 4.48. The Hall–Kier alpha value is -2.70. The molecule has 0 bridgehead atoms. The zero-order valence-electron chi connectivity index (χ0n) is 16.3. The number of carbonyl (C=O) groups excluding carboxylic acids is 2. The van der Waals surface area contributed by atoms with Gasteiger partial charge in [-0.15, -0.1) is 0 Å². The molecular weight excluding hydrogens is 354 g/mol. The van der Waals surface area contributed by atoms with E-state index in [0.717, 1.165) is 47.2 Å². The van der Waals surface area contributed by atoms with E-state index in [1.807, 2.05) is 35.2 Å². The summed E-state index contributed by atoms with van der Waals surface area (Å²) in [6, 6.07) is 15.1. The molecule has 1 fully saturated rings. The number of hydrogen-bond acceptors (Lipinski definition) is 3. The lowest BCUT2D eigenvalue weighted by Gasteiger charge is -2.42. The fourth-order valence-electron chi connectivity index (χ4n) is 4.47. The van der Waals surface area contributed by atoms with E-state index in [1.54, 1.807) is 17.6 Å². The topological polar surface area (TPSA) is 69.6 Å². The largest absolute Gasteiger partial charge is 0.328 e. The van der Waals surface area contributed by atoms with Gasteiger partial charge in [-0.25, -0.2) is 5.48 Å². The molecule has 0 aromatic heterocycles. The van der Waals surface area contributed by atoms with E-state index in [9.17, 15) is 9.59 Å². The normalized spacial score (nSPS) is 19.5. The van der Waals surface area contributed by atoms with Crippen molar-refractivity contribution in [2.75, 3.05) is 32.1 Å². The van der Waals surface area contributed by atoms with Crippen molar-refractivity contribution in [1.82, 2.24) is 5.48 Å². The molecule has 2 aromatic carbocycles. The average Bonchev–Trinajstić information content (AvgIpc) is 2.93. The van der Waals surface area contributed by atoms with Crippen LogP contribution in [0.1, 0.15) is 34.3 Å². The van der Waals surface area contributed by atoms with Crippen LogP contribution in [0.4, 0.5) is 5.69 Å².